The van der Waals surface area contributed by atoms with Crippen molar-refractivity contribution in [2.45, 2.75) is 32.6 Å². The molecule has 2 unspecified atom stereocenters. The van der Waals surface area contributed by atoms with Crippen LogP contribution >= 0.6 is 11.3 Å². The molecule has 1 rings (SSSR count). The lowest BCUT2D eigenvalue weighted by molar-refractivity contribution is 0.452. The quantitative estimate of drug-likeness (QED) is 0.713. The number of hydrogen-bond donors (Lipinski definition) is 0. The van der Waals surface area contributed by atoms with Crippen LogP contribution < -0.4 is 0 Å². The third-order valence-electron chi connectivity index (χ3n) is 2.61. The Kier molecular flexibility index (Phi) is 3.98. The van der Waals surface area contributed by atoms with E-state index in [-0.39, 0.29) is 0 Å². The lowest BCUT2D eigenvalue weighted by atomic mass is 9.85. The van der Waals surface area contributed by atoms with E-state index in [9.17, 15) is 0 Å². The second-order valence-electron chi connectivity index (χ2n) is 3.41. The first-order chi connectivity index (χ1) is 6.29. The van der Waals surface area contributed by atoms with Crippen molar-refractivity contribution in [3.05, 3.63) is 22.4 Å². The van der Waals surface area contributed by atoms with Crippen molar-refractivity contribution in [3.8, 4) is 6.07 Å². The molecule has 0 aliphatic rings. The first kappa shape index (κ1) is 10.3. The van der Waals surface area contributed by atoms with Crippen molar-refractivity contribution in [1.29, 1.82) is 5.26 Å². The highest BCUT2D eigenvalue weighted by atomic mass is 32.1. The third kappa shape index (κ3) is 2.57. The Balaban J connectivity index is 2.75. The zero-order chi connectivity index (χ0) is 9.68. The van der Waals surface area contributed by atoms with E-state index in [0.717, 1.165) is 6.42 Å². The summed E-state index contributed by atoms with van der Waals surface area (Å²) in [6.45, 7) is 4.40. The summed E-state index contributed by atoms with van der Waals surface area (Å²) in [6, 6.07) is 4.41. The smallest absolute Gasteiger partial charge is 0.0628 e. The summed E-state index contributed by atoms with van der Waals surface area (Å²) in [5.41, 5.74) is 1.33. The Bertz CT molecular complexity index is 271. The topological polar surface area (TPSA) is 23.8 Å². The zero-order valence-electron chi connectivity index (χ0n) is 8.16. The second-order valence-corrected chi connectivity index (χ2v) is 4.19. The first-order valence-corrected chi connectivity index (χ1v) is 5.63. The summed E-state index contributed by atoms with van der Waals surface area (Å²) in [5.74, 6) is 1.04. The van der Waals surface area contributed by atoms with E-state index in [2.05, 4.69) is 36.7 Å². The Morgan fingerprint density at radius 2 is 2.38 bits per heavy atom. The normalized spacial score (nSPS) is 14.8. The fourth-order valence-corrected chi connectivity index (χ4v) is 2.24. The summed E-state index contributed by atoms with van der Waals surface area (Å²) in [4.78, 5) is 0. The predicted molar refractivity (Wildman–Crippen MR) is 56.7 cm³/mol. The average molecular weight is 193 g/mol. The lowest BCUT2D eigenvalue weighted by Gasteiger charge is -2.18. The number of thiophene rings is 1. The number of rotatable bonds is 4. The van der Waals surface area contributed by atoms with Crippen molar-refractivity contribution >= 4 is 11.3 Å². The van der Waals surface area contributed by atoms with Crippen molar-refractivity contribution in [3.63, 3.8) is 0 Å². The SMILES string of the molecule is CCC(C)C(CC#N)c1ccsc1. The van der Waals surface area contributed by atoms with E-state index >= 15 is 0 Å². The fraction of sp³-hybridized carbons (Fsp3) is 0.545. The van der Waals surface area contributed by atoms with Gasteiger partial charge in [-0.2, -0.15) is 16.6 Å². The van der Waals surface area contributed by atoms with Gasteiger partial charge in [-0.15, -0.1) is 0 Å². The molecule has 1 heterocycles. The fourth-order valence-electron chi connectivity index (χ4n) is 1.52. The molecule has 2 atom stereocenters. The molecule has 0 aliphatic heterocycles. The van der Waals surface area contributed by atoms with Crippen molar-refractivity contribution < 1.29 is 0 Å². The highest BCUT2D eigenvalue weighted by Gasteiger charge is 2.17. The number of nitrogens with zero attached hydrogens (tertiary/aromatic N) is 1. The standard InChI is InChI=1S/C11H15NS/c1-3-9(2)11(4-6-12)10-5-7-13-8-10/h5,7-9,11H,3-4H2,1-2H3. The number of nitriles is 1. The van der Waals surface area contributed by atoms with Gasteiger partial charge in [-0.1, -0.05) is 20.3 Å². The van der Waals surface area contributed by atoms with E-state index in [1.165, 1.54) is 5.56 Å². The van der Waals surface area contributed by atoms with Gasteiger partial charge in [-0.05, 0) is 28.3 Å². The summed E-state index contributed by atoms with van der Waals surface area (Å²) >= 11 is 1.71. The molecule has 1 aromatic heterocycles. The van der Waals surface area contributed by atoms with Crippen LogP contribution in [0.2, 0.25) is 0 Å². The minimum atomic E-state index is 0.432. The monoisotopic (exact) mass is 193 g/mol. The molecule has 0 bridgehead atoms. The predicted octanol–water partition coefficient (Wildman–Crippen LogP) is 3.79. The third-order valence-corrected chi connectivity index (χ3v) is 3.31. The second kappa shape index (κ2) is 5.04. The van der Waals surface area contributed by atoms with Gasteiger partial charge < -0.3 is 0 Å². The summed E-state index contributed by atoms with van der Waals surface area (Å²) in [6.07, 6.45) is 1.79. The van der Waals surface area contributed by atoms with Gasteiger partial charge in [0.2, 0.25) is 0 Å². The van der Waals surface area contributed by atoms with Crippen LogP contribution in [0.5, 0.6) is 0 Å². The van der Waals surface area contributed by atoms with E-state index in [1.54, 1.807) is 11.3 Å². The van der Waals surface area contributed by atoms with Crippen LogP contribution in [0.4, 0.5) is 0 Å². The lowest BCUT2D eigenvalue weighted by Crippen LogP contribution is -2.07. The Morgan fingerprint density at radius 1 is 1.62 bits per heavy atom. The average Bonchev–Trinajstić information content (AvgIpc) is 2.65. The molecule has 2 heteroatoms. The summed E-state index contributed by atoms with van der Waals surface area (Å²) < 4.78 is 0. The molecule has 1 aromatic rings. The molecule has 0 saturated carbocycles. The molecular weight excluding hydrogens is 178 g/mol. The van der Waals surface area contributed by atoms with Crippen molar-refractivity contribution in [2.75, 3.05) is 0 Å². The molecule has 13 heavy (non-hydrogen) atoms. The van der Waals surface area contributed by atoms with Crippen LogP contribution in [0.3, 0.4) is 0 Å². The summed E-state index contributed by atoms with van der Waals surface area (Å²) in [7, 11) is 0. The maximum atomic E-state index is 8.73. The Labute approximate surface area is 84.0 Å². The van der Waals surface area contributed by atoms with Gasteiger partial charge in [0.05, 0.1) is 6.07 Å². The van der Waals surface area contributed by atoms with E-state index in [4.69, 9.17) is 5.26 Å². The molecule has 0 radical (unpaired) electrons. The van der Waals surface area contributed by atoms with Gasteiger partial charge in [0, 0.05) is 12.3 Å². The van der Waals surface area contributed by atoms with E-state index < -0.39 is 0 Å². The molecule has 1 nitrogen and oxygen atoms in total. The van der Waals surface area contributed by atoms with Crippen molar-refractivity contribution in [1.82, 2.24) is 0 Å². The molecular formula is C11H15NS. The van der Waals surface area contributed by atoms with Crippen LogP contribution in [0, 0.1) is 17.2 Å². The molecule has 0 aliphatic carbocycles. The van der Waals surface area contributed by atoms with Gasteiger partial charge >= 0.3 is 0 Å². The Morgan fingerprint density at radius 3 is 2.85 bits per heavy atom. The largest absolute Gasteiger partial charge is 0.198 e. The van der Waals surface area contributed by atoms with Crippen LogP contribution in [-0.4, -0.2) is 0 Å². The van der Waals surface area contributed by atoms with Crippen LogP contribution in [0.25, 0.3) is 0 Å². The van der Waals surface area contributed by atoms with E-state index in [1.807, 2.05) is 0 Å². The molecule has 0 N–H and O–H groups in total. The van der Waals surface area contributed by atoms with Gasteiger partial charge in [-0.25, -0.2) is 0 Å². The van der Waals surface area contributed by atoms with Crippen LogP contribution in [0.15, 0.2) is 16.8 Å². The molecule has 0 fully saturated rings. The highest BCUT2D eigenvalue weighted by Crippen LogP contribution is 2.30. The summed E-state index contributed by atoms with van der Waals surface area (Å²) in [5, 5.41) is 13.0. The molecule has 0 amide bonds. The van der Waals surface area contributed by atoms with E-state index in [0.29, 0.717) is 18.3 Å². The molecule has 70 valence electrons. The maximum Gasteiger partial charge on any atom is 0.0628 e. The van der Waals surface area contributed by atoms with Gasteiger partial charge in [-0.3, -0.25) is 0 Å². The van der Waals surface area contributed by atoms with Gasteiger partial charge in [0.25, 0.3) is 0 Å². The maximum absolute atomic E-state index is 8.73. The first-order valence-electron chi connectivity index (χ1n) is 4.68. The molecule has 0 aromatic carbocycles. The highest BCUT2D eigenvalue weighted by molar-refractivity contribution is 7.07. The zero-order valence-corrected chi connectivity index (χ0v) is 8.97. The van der Waals surface area contributed by atoms with Crippen LogP contribution in [-0.2, 0) is 0 Å². The number of hydrogen-bond acceptors (Lipinski definition) is 2. The van der Waals surface area contributed by atoms with Gasteiger partial charge in [0.15, 0.2) is 0 Å². The molecule has 0 saturated heterocycles. The minimum absolute atomic E-state index is 0.432. The van der Waals surface area contributed by atoms with Crippen LogP contribution in [0.1, 0.15) is 38.2 Å². The van der Waals surface area contributed by atoms with Gasteiger partial charge in [0.1, 0.15) is 0 Å². The molecule has 0 spiro atoms. The van der Waals surface area contributed by atoms with Crippen molar-refractivity contribution in [2.24, 2.45) is 5.92 Å². The minimum Gasteiger partial charge on any atom is -0.198 e. The Hall–Kier alpha value is -0.810.